The van der Waals surface area contributed by atoms with Crippen molar-refractivity contribution in [2.75, 3.05) is 13.2 Å². The Labute approximate surface area is 134 Å². The second-order valence-corrected chi connectivity index (χ2v) is 6.62. The number of amides is 1. The van der Waals surface area contributed by atoms with E-state index < -0.39 is 0 Å². The van der Waals surface area contributed by atoms with Crippen LogP contribution in [0.15, 0.2) is 17.7 Å². The Balaban J connectivity index is 2.15. The zero-order valence-electron chi connectivity index (χ0n) is 12.1. The van der Waals surface area contributed by atoms with Gasteiger partial charge < -0.3 is 10.1 Å². The molecule has 1 spiro atoms. The SMILES string of the molecule is CC1=C(c2c(C)cc(Cl)cc2Cl)C(=O)NC12CCCOC2. The van der Waals surface area contributed by atoms with Gasteiger partial charge in [0.25, 0.3) is 5.91 Å². The number of rotatable bonds is 1. The first kappa shape index (κ1) is 14.9. The number of benzene rings is 1. The van der Waals surface area contributed by atoms with E-state index in [1.165, 1.54) is 0 Å². The minimum absolute atomic E-state index is 0.0784. The third-order valence-corrected chi connectivity index (χ3v) is 4.93. The van der Waals surface area contributed by atoms with Crippen LogP contribution < -0.4 is 5.32 Å². The molecule has 0 bridgehead atoms. The maximum absolute atomic E-state index is 12.5. The van der Waals surface area contributed by atoms with Crippen LogP contribution in [0, 0.1) is 6.92 Å². The zero-order valence-corrected chi connectivity index (χ0v) is 13.6. The second kappa shape index (κ2) is 5.31. The van der Waals surface area contributed by atoms with E-state index in [0.717, 1.165) is 36.1 Å². The Morgan fingerprint density at radius 2 is 2.05 bits per heavy atom. The van der Waals surface area contributed by atoms with Gasteiger partial charge in [0.2, 0.25) is 0 Å². The van der Waals surface area contributed by atoms with Gasteiger partial charge in [0.05, 0.1) is 17.2 Å². The molecule has 5 heteroatoms. The highest BCUT2D eigenvalue weighted by molar-refractivity contribution is 6.38. The molecule has 1 N–H and O–H groups in total. The standard InChI is InChI=1S/C16H17Cl2NO2/c1-9-6-11(17)7-12(18)13(9)14-10(2)16(19-15(14)20)4-3-5-21-8-16/h6-7H,3-5,8H2,1-2H3,(H,19,20). The van der Waals surface area contributed by atoms with Crippen molar-refractivity contribution < 1.29 is 9.53 Å². The summed E-state index contributed by atoms with van der Waals surface area (Å²) in [7, 11) is 0. The lowest BCUT2D eigenvalue weighted by Crippen LogP contribution is -2.50. The summed E-state index contributed by atoms with van der Waals surface area (Å²) in [6.45, 7) is 5.19. The summed E-state index contributed by atoms with van der Waals surface area (Å²) in [5.41, 5.74) is 2.99. The molecule has 3 nitrogen and oxygen atoms in total. The fraction of sp³-hybridized carbons (Fsp3) is 0.438. The molecule has 0 saturated carbocycles. The summed E-state index contributed by atoms with van der Waals surface area (Å²) in [5, 5.41) is 4.20. The number of halogens is 2. The lowest BCUT2D eigenvalue weighted by Gasteiger charge is -2.34. The Hall–Kier alpha value is -1.03. The first-order valence-electron chi connectivity index (χ1n) is 7.02. The van der Waals surface area contributed by atoms with Crippen LogP contribution in [0.3, 0.4) is 0 Å². The molecule has 0 aromatic heterocycles. The van der Waals surface area contributed by atoms with Crippen LogP contribution in [0.4, 0.5) is 0 Å². The number of hydrogen-bond acceptors (Lipinski definition) is 2. The van der Waals surface area contributed by atoms with E-state index in [0.29, 0.717) is 22.2 Å². The Kier molecular flexibility index (Phi) is 3.76. The van der Waals surface area contributed by atoms with E-state index in [-0.39, 0.29) is 11.4 Å². The smallest absolute Gasteiger partial charge is 0.252 e. The van der Waals surface area contributed by atoms with Crippen molar-refractivity contribution in [2.45, 2.75) is 32.2 Å². The molecule has 1 aromatic rings. The van der Waals surface area contributed by atoms with Gasteiger partial charge in [-0.25, -0.2) is 0 Å². The first-order valence-corrected chi connectivity index (χ1v) is 7.78. The van der Waals surface area contributed by atoms with E-state index >= 15 is 0 Å². The van der Waals surface area contributed by atoms with Gasteiger partial charge in [-0.05, 0) is 50.0 Å². The van der Waals surface area contributed by atoms with Crippen molar-refractivity contribution >= 4 is 34.7 Å². The second-order valence-electron chi connectivity index (χ2n) is 5.77. The molecule has 3 rings (SSSR count). The highest BCUT2D eigenvalue weighted by atomic mass is 35.5. The predicted molar refractivity (Wildman–Crippen MR) is 84.7 cm³/mol. The highest BCUT2D eigenvalue weighted by Crippen LogP contribution is 2.41. The summed E-state index contributed by atoms with van der Waals surface area (Å²) in [6.07, 6.45) is 1.84. The Morgan fingerprint density at radius 1 is 1.29 bits per heavy atom. The molecule has 1 saturated heterocycles. The van der Waals surface area contributed by atoms with Gasteiger partial charge in [-0.15, -0.1) is 0 Å². The molecule has 2 heterocycles. The normalized spacial score (nSPS) is 25.6. The quantitative estimate of drug-likeness (QED) is 0.853. The maximum Gasteiger partial charge on any atom is 0.252 e. The largest absolute Gasteiger partial charge is 0.379 e. The molecule has 1 unspecified atom stereocenters. The van der Waals surface area contributed by atoms with Crippen LogP contribution in [-0.2, 0) is 9.53 Å². The monoisotopic (exact) mass is 325 g/mol. The average Bonchev–Trinajstić information content (AvgIpc) is 2.63. The minimum atomic E-state index is -0.375. The molecular formula is C16H17Cl2NO2. The topological polar surface area (TPSA) is 38.3 Å². The Bertz CT molecular complexity index is 623. The van der Waals surface area contributed by atoms with Crippen LogP contribution in [-0.4, -0.2) is 24.7 Å². The van der Waals surface area contributed by atoms with Gasteiger partial charge >= 0.3 is 0 Å². The summed E-state index contributed by atoms with van der Waals surface area (Å²) in [5.74, 6) is -0.0784. The number of carbonyl (C=O) groups excluding carboxylic acids is 1. The van der Waals surface area contributed by atoms with Crippen molar-refractivity contribution in [3.8, 4) is 0 Å². The van der Waals surface area contributed by atoms with Gasteiger partial charge in [-0.2, -0.15) is 0 Å². The van der Waals surface area contributed by atoms with Crippen molar-refractivity contribution in [3.05, 3.63) is 38.9 Å². The molecule has 1 atom stereocenters. The lowest BCUT2D eigenvalue weighted by atomic mass is 9.84. The minimum Gasteiger partial charge on any atom is -0.379 e. The number of carbonyl (C=O) groups is 1. The van der Waals surface area contributed by atoms with Crippen molar-refractivity contribution in [3.63, 3.8) is 0 Å². The Morgan fingerprint density at radius 3 is 2.67 bits per heavy atom. The predicted octanol–water partition coefficient (Wildman–Crippen LogP) is 3.75. The van der Waals surface area contributed by atoms with Gasteiger partial charge in [-0.3, -0.25) is 4.79 Å². The molecule has 2 aliphatic heterocycles. The number of nitrogens with one attached hydrogen (secondary N) is 1. The van der Waals surface area contributed by atoms with Gasteiger partial charge in [0.15, 0.2) is 0 Å². The molecule has 1 aromatic carbocycles. The molecule has 0 radical (unpaired) electrons. The van der Waals surface area contributed by atoms with E-state index in [1.807, 2.05) is 19.9 Å². The van der Waals surface area contributed by atoms with Crippen LogP contribution in [0.5, 0.6) is 0 Å². The van der Waals surface area contributed by atoms with Crippen molar-refractivity contribution in [2.24, 2.45) is 0 Å². The molecular weight excluding hydrogens is 309 g/mol. The molecule has 1 fully saturated rings. The van der Waals surface area contributed by atoms with Crippen LogP contribution in [0.25, 0.3) is 5.57 Å². The van der Waals surface area contributed by atoms with Gasteiger partial charge in [0.1, 0.15) is 0 Å². The van der Waals surface area contributed by atoms with Gasteiger partial charge in [0, 0.05) is 22.8 Å². The van der Waals surface area contributed by atoms with E-state index in [1.54, 1.807) is 6.07 Å². The molecule has 112 valence electrons. The number of aryl methyl sites for hydroxylation is 1. The van der Waals surface area contributed by atoms with Crippen molar-refractivity contribution in [1.82, 2.24) is 5.32 Å². The van der Waals surface area contributed by atoms with E-state index in [9.17, 15) is 4.79 Å². The molecule has 21 heavy (non-hydrogen) atoms. The lowest BCUT2D eigenvalue weighted by molar-refractivity contribution is -0.117. The molecule has 1 amide bonds. The zero-order chi connectivity index (χ0) is 15.2. The van der Waals surface area contributed by atoms with E-state index in [4.69, 9.17) is 27.9 Å². The summed E-state index contributed by atoms with van der Waals surface area (Å²) in [4.78, 5) is 12.5. The third-order valence-electron chi connectivity index (χ3n) is 4.42. The number of ether oxygens (including phenoxy) is 1. The fourth-order valence-electron chi connectivity index (χ4n) is 3.29. The summed E-state index contributed by atoms with van der Waals surface area (Å²) in [6, 6.07) is 3.51. The highest BCUT2D eigenvalue weighted by Gasteiger charge is 2.45. The maximum atomic E-state index is 12.5. The van der Waals surface area contributed by atoms with Crippen LogP contribution in [0.2, 0.25) is 10.0 Å². The number of hydrogen-bond donors (Lipinski definition) is 1. The van der Waals surface area contributed by atoms with E-state index in [2.05, 4.69) is 5.32 Å². The van der Waals surface area contributed by atoms with Crippen molar-refractivity contribution in [1.29, 1.82) is 0 Å². The first-order chi connectivity index (χ1) is 9.94. The van der Waals surface area contributed by atoms with Gasteiger partial charge in [-0.1, -0.05) is 23.2 Å². The third kappa shape index (κ3) is 2.37. The fourth-order valence-corrected chi connectivity index (χ4v) is 3.98. The molecule has 0 aliphatic carbocycles. The van der Waals surface area contributed by atoms with Crippen LogP contribution in [0.1, 0.15) is 30.9 Å². The summed E-state index contributed by atoms with van der Waals surface area (Å²) >= 11 is 12.4. The average molecular weight is 326 g/mol. The summed E-state index contributed by atoms with van der Waals surface area (Å²) < 4.78 is 5.59. The molecule has 2 aliphatic rings. The van der Waals surface area contributed by atoms with Crippen LogP contribution >= 0.6 is 23.2 Å².